The van der Waals surface area contributed by atoms with Crippen LogP contribution in [0.4, 0.5) is 5.69 Å². The summed E-state index contributed by atoms with van der Waals surface area (Å²) in [5, 5.41) is 7.41. The lowest BCUT2D eigenvalue weighted by molar-refractivity contribution is 0.0924. The first-order valence-electron chi connectivity index (χ1n) is 7.36. The first kappa shape index (κ1) is 13.7. The zero-order valence-electron chi connectivity index (χ0n) is 12.1. The van der Waals surface area contributed by atoms with Gasteiger partial charge in [-0.25, -0.2) is 4.68 Å². The van der Waals surface area contributed by atoms with Crippen molar-refractivity contribution in [2.24, 2.45) is 5.92 Å². The van der Waals surface area contributed by atoms with Crippen LogP contribution in [0.1, 0.15) is 36.7 Å². The number of hydrogen-bond donors (Lipinski definition) is 2. The molecule has 0 radical (unpaired) electrons. The number of anilines is 1. The number of amides is 1. The number of carbonyl (C=O) groups is 1. The number of aromatic nitrogens is 2. The van der Waals surface area contributed by atoms with Gasteiger partial charge in [-0.15, -0.1) is 0 Å². The molecule has 2 atom stereocenters. The lowest BCUT2D eigenvalue weighted by Crippen LogP contribution is -2.36. The van der Waals surface area contributed by atoms with Crippen LogP contribution in [0.25, 0.3) is 5.69 Å². The Hall–Kier alpha value is -2.30. The van der Waals surface area contributed by atoms with Crippen molar-refractivity contribution in [3.8, 4) is 5.69 Å². The summed E-state index contributed by atoms with van der Waals surface area (Å²) in [5.41, 5.74) is 7.77. The number of para-hydroxylation sites is 2. The van der Waals surface area contributed by atoms with Crippen LogP contribution >= 0.6 is 0 Å². The van der Waals surface area contributed by atoms with Gasteiger partial charge >= 0.3 is 0 Å². The van der Waals surface area contributed by atoms with E-state index < -0.39 is 0 Å². The number of nitrogens with zero attached hydrogens (tertiary/aromatic N) is 2. The molecule has 1 amide bonds. The molecule has 2 unspecified atom stereocenters. The topological polar surface area (TPSA) is 72.9 Å². The molecule has 110 valence electrons. The number of benzene rings is 1. The summed E-state index contributed by atoms with van der Waals surface area (Å²) in [6.45, 7) is 2.18. The molecule has 1 aromatic carbocycles. The van der Waals surface area contributed by atoms with E-state index in [2.05, 4.69) is 17.3 Å². The number of hydrogen-bond acceptors (Lipinski definition) is 3. The highest BCUT2D eigenvalue weighted by molar-refractivity contribution is 5.92. The summed E-state index contributed by atoms with van der Waals surface area (Å²) in [7, 11) is 0. The van der Waals surface area contributed by atoms with Crippen molar-refractivity contribution >= 4 is 11.6 Å². The summed E-state index contributed by atoms with van der Waals surface area (Å²) < 4.78 is 1.64. The number of rotatable bonds is 3. The third kappa shape index (κ3) is 2.77. The van der Waals surface area contributed by atoms with Gasteiger partial charge in [0.2, 0.25) is 0 Å². The lowest BCUT2D eigenvalue weighted by Gasteiger charge is -2.16. The van der Waals surface area contributed by atoms with Crippen molar-refractivity contribution in [2.45, 2.75) is 32.2 Å². The van der Waals surface area contributed by atoms with E-state index in [0.29, 0.717) is 17.3 Å². The summed E-state index contributed by atoms with van der Waals surface area (Å²) in [6.07, 6.45) is 5.18. The fraction of sp³-hybridized carbons (Fsp3) is 0.375. The molecule has 0 spiro atoms. The van der Waals surface area contributed by atoms with Gasteiger partial charge in [0.05, 0.1) is 11.4 Å². The SMILES string of the molecule is CC1CCCC1NC(=O)c1ccn(-c2ccccc2N)n1. The fourth-order valence-corrected chi connectivity index (χ4v) is 2.88. The highest BCUT2D eigenvalue weighted by Gasteiger charge is 2.25. The van der Waals surface area contributed by atoms with Crippen molar-refractivity contribution in [1.29, 1.82) is 0 Å². The van der Waals surface area contributed by atoms with Gasteiger partial charge in [0.1, 0.15) is 0 Å². The normalized spacial score (nSPS) is 21.4. The van der Waals surface area contributed by atoms with Crippen LogP contribution in [0.5, 0.6) is 0 Å². The summed E-state index contributed by atoms with van der Waals surface area (Å²) in [5.74, 6) is 0.433. The Kier molecular flexibility index (Phi) is 3.64. The predicted molar refractivity (Wildman–Crippen MR) is 82.2 cm³/mol. The largest absolute Gasteiger partial charge is 0.397 e. The Morgan fingerprint density at radius 2 is 2.14 bits per heavy atom. The van der Waals surface area contributed by atoms with Gasteiger partial charge < -0.3 is 11.1 Å². The molecule has 21 heavy (non-hydrogen) atoms. The van der Waals surface area contributed by atoms with E-state index in [4.69, 9.17) is 5.73 Å². The molecule has 1 fully saturated rings. The van der Waals surface area contributed by atoms with Gasteiger partial charge in [-0.2, -0.15) is 5.10 Å². The van der Waals surface area contributed by atoms with Crippen LogP contribution in [-0.2, 0) is 0 Å². The Morgan fingerprint density at radius 3 is 2.86 bits per heavy atom. The first-order chi connectivity index (χ1) is 10.1. The average molecular weight is 284 g/mol. The number of nitrogens with one attached hydrogen (secondary N) is 1. The molecule has 1 saturated carbocycles. The molecular formula is C16H20N4O. The minimum atomic E-state index is -0.109. The highest BCUT2D eigenvalue weighted by atomic mass is 16.2. The van der Waals surface area contributed by atoms with Crippen LogP contribution in [0.3, 0.4) is 0 Å². The molecule has 1 aliphatic carbocycles. The van der Waals surface area contributed by atoms with Crippen LogP contribution in [0.15, 0.2) is 36.5 Å². The van der Waals surface area contributed by atoms with E-state index in [9.17, 15) is 4.79 Å². The number of nitrogen functional groups attached to an aromatic ring is 1. The quantitative estimate of drug-likeness (QED) is 0.850. The van der Waals surface area contributed by atoms with Crippen molar-refractivity contribution in [3.63, 3.8) is 0 Å². The molecule has 1 aliphatic rings. The molecule has 1 aromatic heterocycles. The van der Waals surface area contributed by atoms with Gasteiger partial charge in [0, 0.05) is 12.2 Å². The van der Waals surface area contributed by atoms with Crippen LogP contribution in [0, 0.1) is 5.92 Å². The first-order valence-corrected chi connectivity index (χ1v) is 7.36. The van der Waals surface area contributed by atoms with Gasteiger partial charge in [-0.3, -0.25) is 4.79 Å². The molecule has 5 nitrogen and oxygen atoms in total. The van der Waals surface area contributed by atoms with E-state index in [1.54, 1.807) is 16.9 Å². The molecule has 2 aromatic rings. The minimum Gasteiger partial charge on any atom is -0.397 e. The lowest BCUT2D eigenvalue weighted by atomic mass is 10.1. The molecule has 3 rings (SSSR count). The summed E-state index contributed by atoms with van der Waals surface area (Å²) in [4.78, 5) is 12.3. The van der Waals surface area contributed by atoms with Gasteiger partial charge in [0.15, 0.2) is 5.69 Å². The Balaban J connectivity index is 1.76. The standard InChI is InChI=1S/C16H20N4O/c1-11-5-4-7-13(11)18-16(21)14-9-10-20(19-14)15-8-3-2-6-12(15)17/h2-3,6,8-11,13H,4-5,7,17H2,1H3,(H,18,21). The van der Waals surface area contributed by atoms with E-state index >= 15 is 0 Å². The van der Waals surface area contributed by atoms with Gasteiger partial charge in [0.25, 0.3) is 5.91 Å². The van der Waals surface area contributed by atoms with Crippen molar-refractivity contribution < 1.29 is 4.79 Å². The molecule has 0 bridgehead atoms. The Morgan fingerprint density at radius 1 is 1.33 bits per heavy atom. The summed E-state index contributed by atoms with van der Waals surface area (Å²) in [6, 6.07) is 9.45. The molecule has 0 saturated heterocycles. The Bertz CT molecular complexity index is 649. The van der Waals surface area contributed by atoms with Crippen molar-refractivity contribution in [1.82, 2.24) is 15.1 Å². The zero-order valence-corrected chi connectivity index (χ0v) is 12.1. The van der Waals surface area contributed by atoms with Crippen molar-refractivity contribution in [2.75, 3.05) is 5.73 Å². The monoisotopic (exact) mass is 284 g/mol. The molecule has 3 N–H and O–H groups in total. The number of nitrogens with two attached hydrogens (primary N) is 1. The second-order valence-electron chi connectivity index (χ2n) is 5.69. The van der Waals surface area contributed by atoms with Crippen LogP contribution < -0.4 is 11.1 Å². The van der Waals surface area contributed by atoms with E-state index in [1.807, 2.05) is 24.3 Å². The highest BCUT2D eigenvalue weighted by Crippen LogP contribution is 2.25. The average Bonchev–Trinajstić information content (AvgIpc) is 3.09. The van der Waals surface area contributed by atoms with Gasteiger partial charge in [-0.05, 0) is 37.0 Å². The van der Waals surface area contributed by atoms with E-state index in [0.717, 1.165) is 12.1 Å². The smallest absolute Gasteiger partial charge is 0.272 e. The minimum absolute atomic E-state index is 0.109. The summed E-state index contributed by atoms with van der Waals surface area (Å²) >= 11 is 0. The predicted octanol–water partition coefficient (Wildman–Crippen LogP) is 2.37. The van der Waals surface area contributed by atoms with Gasteiger partial charge in [-0.1, -0.05) is 25.5 Å². The number of carbonyl (C=O) groups excluding carboxylic acids is 1. The fourth-order valence-electron chi connectivity index (χ4n) is 2.88. The second-order valence-corrected chi connectivity index (χ2v) is 5.69. The third-order valence-corrected chi connectivity index (χ3v) is 4.18. The van der Waals surface area contributed by atoms with Crippen LogP contribution in [0.2, 0.25) is 0 Å². The maximum absolute atomic E-state index is 12.3. The van der Waals surface area contributed by atoms with Crippen molar-refractivity contribution in [3.05, 3.63) is 42.2 Å². The van der Waals surface area contributed by atoms with Crippen LogP contribution in [-0.4, -0.2) is 21.7 Å². The molecule has 5 heteroatoms. The van der Waals surface area contributed by atoms with E-state index in [1.165, 1.54) is 12.8 Å². The maximum Gasteiger partial charge on any atom is 0.272 e. The Labute approximate surface area is 124 Å². The second kappa shape index (κ2) is 5.60. The molecule has 1 heterocycles. The maximum atomic E-state index is 12.3. The molecule has 0 aliphatic heterocycles. The zero-order chi connectivity index (χ0) is 14.8. The molecular weight excluding hydrogens is 264 g/mol. The third-order valence-electron chi connectivity index (χ3n) is 4.18. The van der Waals surface area contributed by atoms with E-state index in [-0.39, 0.29) is 11.9 Å².